The SMILES string of the molecule is S=C(Nc1ccc(CSc2ccccc2)cc1)N[C@@H]1C[C@H]2CC[C@@H]1C2. The van der Waals surface area contributed by atoms with Crippen molar-refractivity contribution in [1.29, 1.82) is 0 Å². The van der Waals surface area contributed by atoms with Gasteiger partial charge in [-0.05, 0) is 73.1 Å². The monoisotopic (exact) mass is 368 g/mol. The molecule has 0 spiro atoms. The first-order valence-corrected chi connectivity index (χ1v) is 10.5. The Balaban J connectivity index is 1.26. The van der Waals surface area contributed by atoms with Gasteiger partial charge in [-0.15, -0.1) is 11.8 Å². The third-order valence-electron chi connectivity index (χ3n) is 5.42. The molecule has 0 radical (unpaired) electrons. The van der Waals surface area contributed by atoms with Gasteiger partial charge in [-0.25, -0.2) is 0 Å². The molecule has 0 saturated heterocycles. The van der Waals surface area contributed by atoms with Crippen LogP contribution in [0.1, 0.15) is 31.2 Å². The molecule has 2 fully saturated rings. The maximum absolute atomic E-state index is 5.51. The standard InChI is InChI=1S/C21H24N2S2/c24-21(23-20-13-16-6-9-17(20)12-16)22-18-10-7-15(8-11-18)14-25-19-4-2-1-3-5-19/h1-5,7-8,10-11,16-17,20H,6,9,12-14H2,(H2,22,23,24)/t16-,17+,20+/m0/s1. The number of thiocarbonyl (C=S) groups is 1. The van der Waals surface area contributed by atoms with Crippen molar-refractivity contribution in [2.75, 3.05) is 5.32 Å². The quantitative estimate of drug-likeness (QED) is 0.541. The van der Waals surface area contributed by atoms with Crippen LogP contribution in [-0.4, -0.2) is 11.2 Å². The molecule has 2 nitrogen and oxygen atoms in total. The van der Waals surface area contributed by atoms with Gasteiger partial charge in [0.25, 0.3) is 0 Å². The van der Waals surface area contributed by atoms with E-state index in [9.17, 15) is 0 Å². The summed E-state index contributed by atoms with van der Waals surface area (Å²) < 4.78 is 0. The second-order valence-corrected chi connectivity index (χ2v) is 8.64. The predicted molar refractivity (Wildman–Crippen MR) is 111 cm³/mol. The minimum absolute atomic E-state index is 0.584. The molecule has 0 aliphatic heterocycles. The summed E-state index contributed by atoms with van der Waals surface area (Å²) in [5.74, 6) is 2.76. The van der Waals surface area contributed by atoms with E-state index in [0.29, 0.717) is 6.04 Å². The van der Waals surface area contributed by atoms with Crippen LogP contribution in [-0.2, 0) is 5.75 Å². The lowest BCUT2D eigenvalue weighted by Crippen LogP contribution is -2.40. The average Bonchev–Trinajstić information content (AvgIpc) is 3.25. The minimum Gasteiger partial charge on any atom is -0.359 e. The molecule has 3 atom stereocenters. The average molecular weight is 369 g/mol. The number of hydrogen-bond acceptors (Lipinski definition) is 2. The fourth-order valence-corrected chi connectivity index (χ4v) is 5.27. The lowest BCUT2D eigenvalue weighted by Gasteiger charge is -2.24. The maximum atomic E-state index is 5.51. The summed E-state index contributed by atoms with van der Waals surface area (Å²) >= 11 is 7.37. The van der Waals surface area contributed by atoms with Crippen LogP contribution in [0, 0.1) is 11.8 Å². The highest BCUT2D eigenvalue weighted by Crippen LogP contribution is 2.44. The Hall–Kier alpha value is -1.52. The van der Waals surface area contributed by atoms with Crippen LogP contribution >= 0.6 is 24.0 Å². The fourth-order valence-electron chi connectivity index (χ4n) is 4.12. The molecule has 2 aromatic rings. The number of anilines is 1. The molecule has 4 rings (SSSR count). The summed E-state index contributed by atoms with van der Waals surface area (Å²) in [5, 5.41) is 7.65. The van der Waals surface area contributed by atoms with Gasteiger partial charge in [-0.1, -0.05) is 36.8 Å². The summed E-state index contributed by atoms with van der Waals surface area (Å²) in [4.78, 5) is 1.31. The summed E-state index contributed by atoms with van der Waals surface area (Å²) in [7, 11) is 0. The maximum Gasteiger partial charge on any atom is 0.171 e. The molecule has 0 heterocycles. The van der Waals surface area contributed by atoms with Crippen LogP contribution in [0.4, 0.5) is 5.69 Å². The molecule has 2 aliphatic carbocycles. The van der Waals surface area contributed by atoms with Gasteiger partial charge in [-0.3, -0.25) is 0 Å². The van der Waals surface area contributed by atoms with E-state index in [4.69, 9.17) is 12.2 Å². The van der Waals surface area contributed by atoms with Crippen LogP contribution in [0.15, 0.2) is 59.5 Å². The molecule has 25 heavy (non-hydrogen) atoms. The Bertz CT molecular complexity index is 714. The van der Waals surface area contributed by atoms with Crippen molar-refractivity contribution in [3.63, 3.8) is 0 Å². The van der Waals surface area contributed by atoms with E-state index >= 15 is 0 Å². The molecule has 2 aliphatic rings. The second-order valence-electron chi connectivity index (χ2n) is 7.18. The Labute approximate surface area is 159 Å². The van der Waals surface area contributed by atoms with Gasteiger partial charge in [0.15, 0.2) is 5.11 Å². The highest BCUT2D eigenvalue weighted by Gasteiger charge is 2.39. The van der Waals surface area contributed by atoms with Crippen molar-refractivity contribution in [2.24, 2.45) is 11.8 Å². The van der Waals surface area contributed by atoms with E-state index < -0.39 is 0 Å². The van der Waals surface area contributed by atoms with E-state index in [-0.39, 0.29) is 0 Å². The van der Waals surface area contributed by atoms with E-state index in [1.165, 1.54) is 36.1 Å². The first kappa shape index (κ1) is 16.9. The van der Waals surface area contributed by atoms with Crippen LogP contribution in [0.25, 0.3) is 0 Å². The molecular weight excluding hydrogens is 344 g/mol. The second kappa shape index (κ2) is 7.79. The number of rotatable bonds is 5. The van der Waals surface area contributed by atoms with E-state index in [1.54, 1.807) is 0 Å². The van der Waals surface area contributed by atoms with Crippen molar-refractivity contribution >= 4 is 34.8 Å². The lowest BCUT2D eigenvalue weighted by molar-refractivity contribution is 0.392. The first-order valence-electron chi connectivity index (χ1n) is 9.10. The summed E-state index contributed by atoms with van der Waals surface area (Å²) in [5.41, 5.74) is 2.39. The number of benzene rings is 2. The predicted octanol–water partition coefficient (Wildman–Crippen LogP) is 5.45. The van der Waals surface area contributed by atoms with E-state index in [1.807, 2.05) is 11.8 Å². The lowest BCUT2D eigenvalue weighted by atomic mass is 9.96. The first-order chi connectivity index (χ1) is 12.3. The zero-order valence-corrected chi connectivity index (χ0v) is 15.9. The number of fused-ring (bicyclic) bond motifs is 2. The van der Waals surface area contributed by atoms with Crippen molar-refractivity contribution in [3.8, 4) is 0 Å². The summed E-state index contributed by atoms with van der Waals surface area (Å²) in [6.07, 6.45) is 5.49. The molecule has 4 heteroatoms. The van der Waals surface area contributed by atoms with E-state index in [0.717, 1.165) is 28.4 Å². The molecule has 2 N–H and O–H groups in total. The summed E-state index contributed by atoms with van der Waals surface area (Å²) in [6, 6.07) is 19.7. The molecule has 2 saturated carbocycles. The Morgan fingerprint density at radius 1 is 1.00 bits per heavy atom. The van der Waals surface area contributed by atoms with Crippen molar-refractivity contribution in [2.45, 2.75) is 42.4 Å². The molecule has 2 bridgehead atoms. The van der Waals surface area contributed by atoms with Crippen molar-refractivity contribution in [1.82, 2.24) is 5.32 Å². The van der Waals surface area contributed by atoms with Gasteiger partial charge in [0.2, 0.25) is 0 Å². The normalized spacial score (nSPS) is 24.2. The summed E-state index contributed by atoms with van der Waals surface area (Å²) in [6.45, 7) is 0. The fraction of sp³-hybridized carbons (Fsp3) is 0.381. The highest BCUT2D eigenvalue weighted by molar-refractivity contribution is 7.98. The molecule has 0 aromatic heterocycles. The van der Waals surface area contributed by atoms with Gasteiger partial charge in [0, 0.05) is 22.4 Å². The van der Waals surface area contributed by atoms with Crippen molar-refractivity contribution in [3.05, 3.63) is 60.2 Å². The Morgan fingerprint density at radius 2 is 1.80 bits per heavy atom. The number of nitrogens with one attached hydrogen (secondary N) is 2. The number of thioether (sulfide) groups is 1. The zero-order chi connectivity index (χ0) is 17.1. The molecule has 2 aromatic carbocycles. The molecule has 0 unspecified atom stereocenters. The smallest absolute Gasteiger partial charge is 0.171 e. The third-order valence-corrected chi connectivity index (χ3v) is 6.72. The third kappa shape index (κ3) is 4.36. The highest BCUT2D eigenvalue weighted by atomic mass is 32.2. The van der Waals surface area contributed by atoms with Crippen LogP contribution in [0.2, 0.25) is 0 Å². The van der Waals surface area contributed by atoms with Gasteiger partial charge in [0.1, 0.15) is 0 Å². The molecule has 0 amide bonds. The van der Waals surface area contributed by atoms with Gasteiger partial charge in [0.05, 0.1) is 0 Å². The zero-order valence-electron chi connectivity index (χ0n) is 14.3. The largest absolute Gasteiger partial charge is 0.359 e. The van der Waals surface area contributed by atoms with Crippen LogP contribution in [0.3, 0.4) is 0 Å². The Morgan fingerprint density at radius 3 is 2.48 bits per heavy atom. The number of hydrogen-bond donors (Lipinski definition) is 2. The van der Waals surface area contributed by atoms with E-state index in [2.05, 4.69) is 65.2 Å². The van der Waals surface area contributed by atoms with Gasteiger partial charge >= 0.3 is 0 Å². The molecular formula is C21H24N2S2. The Kier molecular flexibility index (Phi) is 5.28. The topological polar surface area (TPSA) is 24.1 Å². The molecule has 130 valence electrons. The van der Waals surface area contributed by atoms with Gasteiger partial charge in [-0.2, -0.15) is 0 Å². The van der Waals surface area contributed by atoms with Crippen LogP contribution in [0.5, 0.6) is 0 Å². The van der Waals surface area contributed by atoms with Gasteiger partial charge < -0.3 is 10.6 Å². The van der Waals surface area contributed by atoms with Crippen molar-refractivity contribution < 1.29 is 0 Å². The van der Waals surface area contributed by atoms with Crippen LogP contribution < -0.4 is 10.6 Å². The minimum atomic E-state index is 0.584.